The first-order valence-electron chi connectivity index (χ1n) is 7.18. The number of rotatable bonds is 5. The Hall–Kier alpha value is -3.34. The van der Waals surface area contributed by atoms with E-state index in [1.165, 1.54) is 0 Å². The minimum Gasteiger partial charge on any atom is -0.244 e. The predicted octanol–water partition coefficient (Wildman–Crippen LogP) is 3.65. The smallest absolute Gasteiger partial charge is 0.244 e. The van der Waals surface area contributed by atoms with Gasteiger partial charge in [-0.3, -0.25) is 0 Å². The Morgan fingerprint density at radius 2 is 1.65 bits per heavy atom. The summed E-state index contributed by atoms with van der Waals surface area (Å²) in [7, 11) is 0. The molecule has 112 valence electrons. The van der Waals surface area contributed by atoms with E-state index in [1.54, 1.807) is 12.4 Å². The molecule has 2 aromatic carbocycles. The van der Waals surface area contributed by atoms with E-state index >= 15 is 0 Å². The van der Waals surface area contributed by atoms with Gasteiger partial charge >= 0.3 is 0 Å². The Bertz CT molecular complexity index is 798. The van der Waals surface area contributed by atoms with Crippen molar-refractivity contribution in [1.29, 1.82) is 0 Å². The third-order valence-corrected chi connectivity index (χ3v) is 3.04. The molecular weight excluding hydrogens is 286 g/mol. The van der Waals surface area contributed by atoms with Crippen molar-refractivity contribution in [3.05, 3.63) is 78.5 Å². The van der Waals surface area contributed by atoms with Crippen molar-refractivity contribution >= 4 is 18.2 Å². The summed E-state index contributed by atoms with van der Waals surface area (Å²) in [6.45, 7) is 0. The second-order valence-electron chi connectivity index (χ2n) is 4.69. The van der Waals surface area contributed by atoms with Gasteiger partial charge in [-0.25, -0.2) is 10.4 Å². The van der Waals surface area contributed by atoms with Crippen molar-refractivity contribution in [3.63, 3.8) is 0 Å². The first kappa shape index (κ1) is 14.6. The molecule has 0 saturated heterocycles. The number of allylic oxidation sites excluding steroid dienone is 1. The van der Waals surface area contributed by atoms with E-state index in [2.05, 4.69) is 25.7 Å². The minimum absolute atomic E-state index is 0.357. The van der Waals surface area contributed by atoms with E-state index in [-0.39, 0.29) is 0 Å². The number of benzene rings is 2. The summed E-state index contributed by atoms with van der Waals surface area (Å²) < 4.78 is 0. The highest BCUT2D eigenvalue weighted by atomic mass is 15.4. The second-order valence-corrected chi connectivity index (χ2v) is 4.69. The quantitative estimate of drug-likeness (QED) is 0.577. The summed E-state index contributed by atoms with van der Waals surface area (Å²) in [6.07, 6.45) is 7.08. The van der Waals surface area contributed by atoms with E-state index < -0.39 is 0 Å². The van der Waals surface area contributed by atoms with Crippen molar-refractivity contribution in [3.8, 4) is 11.3 Å². The van der Waals surface area contributed by atoms with Crippen molar-refractivity contribution in [2.24, 2.45) is 5.10 Å². The third-order valence-electron chi connectivity index (χ3n) is 3.04. The van der Waals surface area contributed by atoms with Gasteiger partial charge < -0.3 is 0 Å². The van der Waals surface area contributed by atoms with Crippen LogP contribution in [0.3, 0.4) is 0 Å². The van der Waals surface area contributed by atoms with Crippen LogP contribution in [0.15, 0.2) is 78.0 Å². The largest absolute Gasteiger partial charge is 0.263 e. The molecule has 0 saturated carbocycles. The Balaban J connectivity index is 1.62. The van der Waals surface area contributed by atoms with Crippen LogP contribution in [-0.2, 0) is 0 Å². The zero-order valence-electron chi connectivity index (χ0n) is 12.4. The molecule has 0 atom stereocenters. The molecule has 1 heterocycles. The lowest BCUT2D eigenvalue weighted by molar-refractivity contribution is 0.967. The molecular formula is C18H15N5. The highest BCUT2D eigenvalue weighted by Crippen LogP contribution is 2.15. The van der Waals surface area contributed by atoms with Gasteiger partial charge in [-0.15, -0.1) is 5.10 Å². The highest BCUT2D eigenvalue weighted by Gasteiger charge is 2.01. The SMILES string of the molecule is C(/C=C/c1ccccc1)=NNc1nncc(-c2ccccc2)n1. The lowest BCUT2D eigenvalue weighted by Crippen LogP contribution is -1.99. The minimum atomic E-state index is 0.357. The van der Waals surface area contributed by atoms with Crippen molar-refractivity contribution in [2.45, 2.75) is 0 Å². The fourth-order valence-electron chi connectivity index (χ4n) is 1.96. The number of hydrogen-bond acceptors (Lipinski definition) is 5. The van der Waals surface area contributed by atoms with Gasteiger partial charge in [-0.2, -0.15) is 10.2 Å². The van der Waals surface area contributed by atoms with Crippen molar-refractivity contribution in [1.82, 2.24) is 15.2 Å². The topological polar surface area (TPSA) is 63.1 Å². The monoisotopic (exact) mass is 301 g/mol. The Morgan fingerprint density at radius 3 is 2.43 bits per heavy atom. The molecule has 5 heteroatoms. The van der Waals surface area contributed by atoms with E-state index in [1.807, 2.05) is 72.8 Å². The average molecular weight is 301 g/mol. The van der Waals surface area contributed by atoms with E-state index in [4.69, 9.17) is 0 Å². The van der Waals surface area contributed by atoms with Crippen LogP contribution < -0.4 is 5.43 Å². The molecule has 0 aliphatic rings. The number of hydrogen-bond donors (Lipinski definition) is 1. The molecule has 1 aromatic heterocycles. The van der Waals surface area contributed by atoms with E-state index in [0.717, 1.165) is 16.8 Å². The van der Waals surface area contributed by atoms with E-state index in [9.17, 15) is 0 Å². The summed E-state index contributed by atoms with van der Waals surface area (Å²) >= 11 is 0. The maximum atomic E-state index is 4.38. The number of nitrogens with one attached hydrogen (secondary N) is 1. The summed E-state index contributed by atoms with van der Waals surface area (Å²) in [5.41, 5.74) is 5.62. The van der Waals surface area contributed by atoms with Gasteiger partial charge in [-0.1, -0.05) is 66.7 Å². The fraction of sp³-hybridized carbons (Fsp3) is 0. The lowest BCUT2D eigenvalue weighted by atomic mass is 10.2. The van der Waals surface area contributed by atoms with Gasteiger partial charge in [0.05, 0.1) is 11.9 Å². The van der Waals surface area contributed by atoms with Crippen LogP contribution in [0.5, 0.6) is 0 Å². The number of nitrogens with zero attached hydrogens (tertiary/aromatic N) is 4. The zero-order valence-corrected chi connectivity index (χ0v) is 12.4. The normalized spacial score (nSPS) is 11.1. The first-order valence-corrected chi connectivity index (χ1v) is 7.18. The summed E-state index contributed by atoms with van der Waals surface area (Å²) in [5, 5.41) is 11.9. The van der Waals surface area contributed by atoms with Crippen molar-refractivity contribution < 1.29 is 0 Å². The molecule has 0 aliphatic heterocycles. The highest BCUT2D eigenvalue weighted by molar-refractivity contribution is 5.78. The molecule has 0 fully saturated rings. The van der Waals surface area contributed by atoms with Crippen LogP contribution in [0.25, 0.3) is 17.3 Å². The summed E-state index contributed by atoms with van der Waals surface area (Å²) in [5.74, 6) is 0.357. The average Bonchev–Trinajstić information content (AvgIpc) is 2.63. The number of anilines is 1. The molecule has 5 nitrogen and oxygen atoms in total. The van der Waals surface area contributed by atoms with Gasteiger partial charge in [0, 0.05) is 11.8 Å². The second kappa shape index (κ2) is 7.61. The molecule has 0 radical (unpaired) electrons. The van der Waals surface area contributed by atoms with Crippen LogP contribution in [0.4, 0.5) is 5.95 Å². The lowest BCUT2D eigenvalue weighted by Gasteiger charge is -2.01. The van der Waals surface area contributed by atoms with Gasteiger partial charge in [0.1, 0.15) is 0 Å². The van der Waals surface area contributed by atoms with E-state index in [0.29, 0.717) is 5.95 Å². The standard InChI is InChI=1S/C18H15N5/c1-3-8-15(9-4-1)10-7-13-19-22-18-21-17(14-20-23-18)16-11-5-2-6-12-16/h1-14H,(H,21,22,23)/b10-7+,19-13?. The van der Waals surface area contributed by atoms with Crippen LogP contribution in [0.2, 0.25) is 0 Å². The fourth-order valence-corrected chi connectivity index (χ4v) is 1.96. The molecule has 3 aromatic rings. The first-order chi connectivity index (χ1) is 11.4. The Morgan fingerprint density at radius 1 is 0.913 bits per heavy atom. The zero-order chi connectivity index (χ0) is 15.7. The molecule has 1 N–H and O–H groups in total. The van der Waals surface area contributed by atoms with Crippen LogP contribution in [0, 0.1) is 0 Å². The Kier molecular flexibility index (Phi) is 4.83. The van der Waals surface area contributed by atoms with Crippen molar-refractivity contribution in [2.75, 3.05) is 5.43 Å². The predicted molar refractivity (Wildman–Crippen MR) is 92.9 cm³/mol. The van der Waals surface area contributed by atoms with Crippen LogP contribution >= 0.6 is 0 Å². The molecule has 0 amide bonds. The van der Waals surface area contributed by atoms with Crippen LogP contribution in [0.1, 0.15) is 5.56 Å². The van der Waals surface area contributed by atoms with Gasteiger partial charge in [0.25, 0.3) is 5.95 Å². The molecule has 0 bridgehead atoms. The molecule has 0 aliphatic carbocycles. The molecule has 0 unspecified atom stereocenters. The third kappa shape index (κ3) is 4.31. The summed E-state index contributed by atoms with van der Waals surface area (Å²) in [6, 6.07) is 19.8. The van der Waals surface area contributed by atoms with Gasteiger partial charge in [0.15, 0.2) is 0 Å². The molecule has 23 heavy (non-hydrogen) atoms. The Labute approximate surface area is 134 Å². The molecule has 3 rings (SSSR count). The van der Waals surface area contributed by atoms with Gasteiger partial charge in [0.2, 0.25) is 0 Å². The number of hydrazone groups is 1. The maximum Gasteiger partial charge on any atom is 0.263 e. The maximum absolute atomic E-state index is 4.38. The van der Waals surface area contributed by atoms with Crippen LogP contribution in [-0.4, -0.2) is 21.4 Å². The molecule has 0 spiro atoms. The number of aromatic nitrogens is 3. The summed E-state index contributed by atoms with van der Waals surface area (Å²) in [4.78, 5) is 4.38. The van der Waals surface area contributed by atoms with Gasteiger partial charge in [-0.05, 0) is 11.6 Å².